The minimum Gasteiger partial charge on any atom is -0.461 e. The van der Waals surface area contributed by atoms with E-state index in [9.17, 15) is 4.79 Å². The predicted molar refractivity (Wildman–Crippen MR) is 65.3 cm³/mol. The lowest BCUT2D eigenvalue weighted by atomic mass is 9.96. The van der Waals surface area contributed by atoms with Crippen LogP contribution in [0.2, 0.25) is 0 Å². The maximum absolute atomic E-state index is 11.6. The average Bonchev–Trinajstić information content (AvgIpc) is 2.27. The van der Waals surface area contributed by atoms with Gasteiger partial charge in [0.25, 0.3) is 0 Å². The first kappa shape index (κ1) is 13.2. The van der Waals surface area contributed by atoms with Gasteiger partial charge in [-0.2, -0.15) is 0 Å². The Morgan fingerprint density at radius 2 is 1.94 bits per heavy atom. The fourth-order valence-electron chi connectivity index (χ4n) is 0.976. The number of hydrogen-bond donors (Lipinski definition) is 1. The second kappa shape index (κ2) is 5.46. The molecule has 1 rings (SSSR count). The molecule has 0 bridgehead atoms. The Labute approximate surface area is 104 Å². The Balaban J connectivity index is 2.56. The van der Waals surface area contributed by atoms with E-state index in [1.54, 1.807) is 24.3 Å². The van der Waals surface area contributed by atoms with Crippen LogP contribution in [0.5, 0.6) is 0 Å². The number of esters is 1. The quantitative estimate of drug-likeness (QED) is 0.866. The summed E-state index contributed by atoms with van der Waals surface area (Å²) in [4.78, 5) is 11.6. The molecule has 0 atom stereocenters. The second-order valence-electron chi connectivity index (χ2n) is 4.41. The zero-order chi connectivity index (χ0) is 12.2. The van der Waals surface area contributed by atoms with Crippen LogP contribution >= 0.6 is 15.9 Å². The van der Waals surface area contributed by atoms with Crippen molar-refractivity contribution in [2.24, 2.45) is 5.41 Å². The molecule has 16 heavy (non-hydrogen) atoms. The number of aliphatic hydroxyl groups is 1. The van der Waals surface area contributed by atoms with Crippen LogP contribution in [0.1, 0.15) is 24.2 Å². The lowest BCUT2D eigenvalue weighted by Crippen LogP contribution is -2.25. The van der Waals surface area contributed by atoms with Crippen molar-refractivity contribution in [2.45, 2.75) is 13.8 Å². The summed E-state index contributed by atoms with van der Waals surface area (Å²) in [6.45, 7) is 3.86. The van der Waals surface area contributed by atoms with Gasteiger partial charge in [-0.15, -0.1) is 0 Å². The smallest absolute Gasteiger partial charge is 0.338 e. The van der Waals surface area contributed by atoms with Crippen LogP contribution in [0.25, 0.3) is 0 Å². The van der Waals surface area contributed by atoms with Crippen LogP contribution in [0.3, 0.4) is 0 Å². The van der Waals surface area contributed by atoms with Crippen molar-refractivity contribution in [2.75, 3.05) is 13.2 Å². The first-order valence-corrected chi connectivity index (χ1v) is 5.77. The summed E-state index contributed by atoms with van der Waals surface area (Å²) in [6.07, 6.45) is 0. The molecule has 0 aliphatic carbocycles. The summed E-state index contributed by atoms with van der Waals surface area (Å²) in [5.74, 6) is -0.367. The van der Waals surface area contributed by atoms with Gasteiger partial charge in [0.15, 0.2) is 0 Å². The number of benzene rings is 1. The first-order valence-electron chi connectivity index (χ1n) is 4.98. The minimum absolute atomic E-state index is 0.0133. The van der Waals surface area contributed by atoms with E-state index in [2.05, 4.69) is 15.9 Å². The zero-order valence-electron chi connectivity index (χ0n) is 9.37. The third-order valence-corrected chi connectivity index (χ3v) is 2.63. The molecule has 0 aliphatic heterocycles. The molecule has 88 valence electrons. The summed E-state index contributed by atoms with van der Waals surface area (Å²) in [5, 5.41) is 9.02. The predicted octanol–water partition coefficient (Wildman–Crippen LogP) is 2.62. The van der Waals surface area contributed by atoms with E-state index in [1.807, 2.05) is 13.8 Å². The molecule has 1 aromatic rings. The number of carbonyl (C=O) groups excluding carboxylic acids is 1. The summed E-state index contributed by atoms with van der Waals surface area (Å²) in [5.41, 5.74) is 0.113. The molecule has 0 unspecified atom stereocenters. The first-order chi connectivity index (χ1) is 7.44. The van der Waals surface area contributed by atoms with Crippen LogP contribution in [0, 0.1) is 5.41 Å². The van der Waals surface area contributed by atoms with Gasteiger partial charge in [-0.1, -0.05) is 29.8 Å². The molecular weight excluding hydrogens is 272 g/mol. The Kier molecular flexibility index (Phi) is 4.50. The van der Waals surface area contributed by atoms with E-state index in [0.29, 0.717) is 5.56 Å². The molecule has 0 amide bonds. The van der Waals surface area contributed by atoms with Crippen LogP contribution in [-0.4, -0.2) is 24.3 Å². The summed E-state index contributed by atoms with van der Waals surface area (Å²) in [6, 6.07) is 6.96. The number of carbonyl (C=O) groups is 1. The highest BCUT2D eigenvalue weighted by Crippen LogP contribution is 2.16. The third kappa shape index (κ3) is 3.94. The molecule has 0 aliphatic rings. The number of hydrogen-bond acceptors (Lipinski definition) is 3. The largest absolute Gasteiger partial charge is 0.461 e. The molecule has 0 saturated heterocycles. The minimum atomic E-state index is -0.398. The summed E-state index contributed by atoms with van der Waals surface area (Å²) < 4.78 is 6.03. The molecule has 0 radical (unpaired) electrons. The van der Waals surface area contributed by atoms with Crippen LogP contribution in [0.4, 0.5) is 0 Å². The van der Waals surface area contributed by atoms with E-state index in [4.69, 9.17) is 9.84 Å². The molecule has 1 N–H and O–H groups in total. The van der Waals surface area contributed by atoms with Gasteiger partial charge in [0.2, 0.25) is 0 Å². The lowest BCUT2D eigenvalue weighted by molar-refractivity contribution is 0.0219. The van der Waals surface area contributed by atoms with Crippen molar-refractivity contribution >= 4 is 21.9 Å². The van der Waals surface area contributed by atoms with Crippen LogP contribution < -0.4 is 0 Å². The van der Waals surface area contributed by atoms with Gasteiger partial charge < -0.3 is 9.84 Å². The number of aliphatic hydroxyl groups excluding tert-OH is 1. The average molecular weight is 287 g/mol. The standard InChI is InChI=1S/C12H15BrO3/c1-12(2,7-14)8-16-11(15)9-3-5-10(13)6-4-9/h3-6,14H,7-8H2,1-2H3. The van der Waals surface area contributed by atoms with Crippen LogP contribution in [0.15, 0.2) is 28.7 Å². The van der Waals surface area contributed by atoms with Gasteiger partial charge in [-0.3, -0.25) is 0 Å². The van der Waals surface area contributed by atoms with E-state index in [-0.39, 0.29) is 19.2 Å². The van der Waals surface area contributed by atoms with Gasteiger partial charge in [-0.25, -0.2) is 4.79 Å². The van der Waals surface area contributed by atoms with Gasteiger partial charge in [0.05, 0.1) is 18.8 Å². The normalized spacial score (nSPS) is 11.2. The second-order valence-corrected chi connectivity index (χ2v) is 5.32. The highest BCUT2D eigenvalue weighted by molar-refractivity contribution is 9.10. The molecular formula is C12H15BrO3. The molecule has 0 aromatic heterocycles. The van der Waals surface area contributed by atoms with Crippen molar-refractivity contribution in [3.05, 3.63) is 34.3 Å². The lowest BCUT2D eigenvalue weighted by Gasteiger charge is -2.20. The van der Waals surface area contributed by atoms with Gasteiger partial charge in [0.1, 0.15) is 0 Å². The molecule has 4 heteroatoms. The fourth-order valence-corrected chi connectivity index (χ4v) is 1.24. The van der Waals surface area contributed by atoms with Crippen LogP contribution in [-0.2, 0) is 4.74 Å². The number of ether oxygens (including phenoxy) is 1. The maximum Gasteiger partial charge on any atom is 0.338 e. The fraction of sp³-hybridized carbons (Fsp3) is 0.417. The topological polar surface area (TPSA) is 46.5 Å². The Hall–Kier alpha value is -0.870. The van der Waals surface area contributed by atoms with Crippen molar-refractivity contribution in [1.82, 2.24) is 0 Å². The van der Waals surface area contributed by atoms with E-state index >= 15 is 0 Å². The van der Waals surface area contributed by atoms with Crippen molar-refractivity contribution < 1.29 is 14.6 Å². The maximum atomic E-state index is 11.6. The molecule has 3 nitrogen and oxygen atoms in total. The molecule has 0 spiro atoms. The molecule has 1 aromatic carbocycles. The highest BCUT2D eigenvalue weighted by atomic mass is 79.9. The van der Waals surface area contributed by atoms with E-state index in [1.165, 1.54) is 0 Å². The third-order valence-electron chi connectivity index (χ3n) is 2.10. The van der Waals surface area contributed by atoms with Gasteiger partial charge >= 0.3 is 5.97 Å². The van der Waals surface area contributed by atoms with E-state index < -0.39 is 5.41 Å². The number of rotatable bonds is 4. The Bertz CT molecular complexity index is 357. The van der Waals surface area contributed by atoms with E-state index in [0.717, 1.165) is 4.47 Å². The van der Waals surface area contributed by atoms with Gasteiger partial charge in [-0.05, 0) is 24.3 Å². The van der Waals surface area contributed by atoms with Gasteiger partial charge in [0, 0.05) is 9.89 Å². The number of halogens is 1. The Morgan fingerprint density at radius 1 is 1.38 bits per heavy atom. The highest BCUT2D eigenvalue weighted by Gasteiger charge is 2.19. The van der Waals surface area contributed by atoms with Crippen molar-refractivity contribution in [1.29, 1.82) is 0 Å². The summed E-state index contributed by atoms with van der Waals surface area (Å²) in [7, 11) is 0. The molecule has 0 fully saturated rings. The van der Waals surface area contributed by atoms with Crippen molar-refractivity contribution in [3.8, 4) is 0 Å². The molecule has 0 saturated carbocycles. The summed E-state index contributed by atoms with van der Waals surface area (Å²) >= 11 is 3.29. The monoisotopic (exact) mass is 286 g/mol. The zero-order valence-corrected chi connectivity index (χ0v) is 11.0. The SMILES string of the molecule is CC(C)(CO)COC(=O)c1ccc(Br)cc1. The molecule has 0 heterocycles. The Morgan fingerprint density at radius 3 is 2.44 bits per heavy atom. The van der Waals surface area contributed by atoms with Crippen molar-refractivity contribution in [3.63, 3.8) is 0 Å².